The van der Waals surface area contributed by atoms with Crippen molar-refractivity contribution in [3.05, 3.63) is 142 Å². The molecule has 208 valence electrons. The Hall–Kier alpha value is -4.53. The molecule has 4 aromatic carbocycles. The second-order valence-corrected chi connectivity index (χ2v) is 11.1. The highest BCUT2D eigenvalue weighted by Gasteiger charge is 2.17. The number of nitrogens with zero attached hydrogens (tertiary/aromatic N) is 1. The van der Waals surface area contributed by atoms with Crippen LogP contribution in [0.3, 0.4) is 0 Å². The molecule has 0 unspecified atom stereocenters. The lowest BCUT2D eigenvalue weighted by Gasteiger charge is -2.18. The number of amides is 1. The quantitative estimate of drug-likeness (QED) is 0.0751. The first-order valence-electron chi connectivity index (χ1n) is 12.6. The molecule has 0 aliphatic carbocycles. The minimum Gasteiger partial charge on any atom is -0.323 e. The molecule has 41 heavy (non-hydrogen) atoms. The van der Waals surface area contributed by atoms with Gasteiger partial charge in [0.15, 0.2) is 0 Å². The van der Waals surface area contributed by atoms with Crippen LogP contribution in [-0.4, -0.2) is 20.5 Å². The van der Waals surface area contributed by atoms with Crippen LogP contribution in [-0.2, 0) is 14.8 Å². The summed E-state index contributed by atoms with van der Waals surface area (Å²) >= 11 is 6.48. The van der Waals surface area contributed by atoms with Crippen LogP contribution >= 0.6 is 11.6 Å². The predicted molar refractivity (Wildman–Crippen MR) is 163 cm³/mol. The Morgan fingerprint density at radius 2 is 1.66 bits per heavy atom. The molecule has 0 aliphatic rings. The first-order valence-corrected chi connectivity index (χ1v) is 14.5. The number of carbonyl (C=O) groups is 1. The number of sulfonamides is 1. The molecule has 0 radical (unpaired) electrons. The van der Waals surface area contributed by atoms with Crippen LogP contribution < -0.4 is 10.6 Å². The molecule has 0 aliphatic heterocycles. The Labute approximate surface area is 243 Å². The Morgan fingerprint density at radius 1 is 0.927 bits per heavy atom. The van der Waals surface area contributed by atoms with E-state index >= 15 is 0 Å². The van der Waals surface area contributed by atoms with E-state index in [1.807, 2.05) is 60.2 Å². The summed E-state index contributed by atoms with van der Waals surface area (Å²) in [5, 5.41) is 3.93. The van der Waals surface area contributed by atoms with Gasteiger partial charge in [0.05, 0.1) is 16.1 Å². The predicted octanol–water partition coefficient (Wildman–Crippen LogP) is 6.66. The van der Waals surface area contributed by atoms with Gasteiger partial charge in [0.2, 0.25) is 0 Å². The number of hydrogen-bond acceptors (Lipinski definition) is 5. The minimum atomic E-state index is -3.97. The second kappa shape index (κ2) is 13.2. The van der Waals surface area contributed by atoms with Crippen LogP contribution in [0.2, 0.25) is 5.02 Å². The summed E-state index contributed by atoms with van der Waals surface area (Å²) in [6.07, 6.45) is 4.85. The molecule has 4 rings (SSSR count). The maximum absolute atomic E-state index is 13.9. The van der Waals surface area contributed by atoms with E-state index in [2.05, 4.69) is 5.10 Å². The van der Waals surface area contributed by atoms with Crippen LogP contribution in [0.15, 0.2) is 113 Å². The average Bonchev–Trinajstić information content (AvgIpc) is 2.96. The van der Waals surface area contributed by atoms with E-state index in [-0.39, 0.29) is 4.90 Å². The van der Waals surface area contributed by atoms with Crippen LogP contribution in [0.5, 0.6) is 0 Å². The monoisotopic (exact) mass is 587 g/mol. The number of benzene rings is 4. The van der Waals surface area contributed by atoms with Gasteiger partial charge in [-0.1, -0.05) is 85.3 Å². The van der Waals surface area contributed by atoms with E-state index in [0.29, 0.717) is 22.6 Å². The Bertz CT molecular complexity index is 1750. The SMILES string of the molecule is CC/C(=C(/c1ccc(/C=C/C(=O)NS(=O)(=O)c2ccccc2)cc1)c1cccc(/C=N\N)c1)c1ccc(F)cc1Cl. The van der Waals surface area contributed by atoms with Crippen molar-refractivity contribution in [2.45, 2.75) is 18.2 Å². The molecular formula is C32H27ClFN3O3S. The van der Waals surface area contributed by atoms with E-state index < -0.39 is 21.7 Å². The number of hydrazone groups is 1. The van der Waals surface area contributed by atoms with E-state index in [1.54, 1.807) is 30.5 Å². The molecule has 0 heterocycles. The maximum atomic E-state index is 13.9. The maximum Gasteiger partial charge on any atom is 0.264 e. The molecule has 1 amide bonds. The van der Waals surface area contributed by atoms with Crippen molar-refractivity contribution >= 4 is 51.0 Å². The highest BCUT2D eigenvalue weighted by atomic mass is 35.5. The van der Waals surface area contributed by atoms with E-state index in [1.165, 1.54) is 30.3 Å². The number of allylic oxidation sites excluding steroid dienone is 1. The molecule has 0 spiro atoms. The van der Waals surface area contributed by atoms with Gasteiger partial charge in [-0.3, -0.25) is 4.79 Å². The molecule has 0 saturated heterocycles. The van der Waals surface area contributed by atoms with Crippen molar-refractivity contribution in [1.29, 1.82) is 0 Å². The second-order valence-electron chi connectivity index (χ2n) is 8.97. The zero-order valence-corrected chi connectivity index (χ0v) is 23.7. The molecular weight excluding hydrogens is 561 g/mol. The van der Waals surface area contributed by atoms with Gasteiger partial charge in [-0.15, -0.1) is 0 Å². The van der Waals surface area contributed by atoms with Gasteiger partial charge >= 0.3 is 0 Å². The highest BCUT2D eigenvalue weighted by Crippen LogP contribution is 2.37. The van der Waals surface area contributed by atoms with Crippen molar-refractivity contribution in [3.8, 4) is 0 Å². The standard InChI is InChI=1S/C32H27ClFN3O3S/c1-2-28(29-17-16-26(34)20-30(29)33)32(25-8-6-7-23(19-25)21-36-35)24-14-11-22(12-15-24)13-18-31(38)37-41(39,40)27-9-4-3-5-10-27/h3-21H,2,35H2,1H3,(H,37,38)/b18-13+,32-28+,36-21-. The largest absolute Gasteiger partial charge is 0.323 e. The number of nitrogens with two attached hydrogens (primary N) is 1. The van der Waals surface area contributed by atoms with E-state index in [9.17, 15) is 17.6 Å². The van der Waals surface area contributed by atoms with Gasteiger partial charge in [0.25, 0.3) is 15.9 Å². The van der Waals surface area contributed by atoms with Gasteiger partial charge in [-0.25, -0.2) is 17.5 Å². The minimum absolute atomic E-state index is 0.000194. The molecule has 6 nitrogen and oxygen atoms in total. The Morgan fingerprint density at radius 3 is 2.32 bits per heavy atom. The van der Waals surface area contributed by atoms with Gasteiger partial charge in [0, 0.05) is 6.08 Å². The molecule has 0 atom stereocenters. The Balaban J connectivity index is 1.70. The van der Waals surface area contributed by atoms with Crippen LogP contribution in [0.4, 0.5) is 4.39 Å². The summed E-state index contributed by atoms with van der Waals surface area (Å²) in [5.41, 5.74) is 5.73. The fraction of sp³-hybridized carbons (Fsp3) is 0.0625. The van der Waals surface area contributed by atoms with Crippen LogP contribution in [0.25, 0.3) is 17.2 Å². The summed E-state index contributed by atoms with van der Waals surface area (Å²) in [6, 6.07) is 27.1. The van der Waals surface area contributed by atoms with Gasteiger partial charge in [-0.05, 0) is 81.8 Å². The molecule has 9 heteroatoms. The van der Waals surface area contributed by atoms with Crippen LogP contribution in [0, 0.1) is 5.82 Å². The van der Waals surface area contributed by atoms with E-state index in [4.69, 9.17) is 17.4 Å². The van der Waals surface area contributed by atoms with Gasteiger partial charge < -0.3 is 5.84 Å². The number of nitrogens with one attached hydrogen (secondary N) is 1. The highest BCUT2D eigenvalue weighted by molar-refractivity contribution is 7.90. The zero-order chi connectivity index (χ0) is 29.4. The molecule has 4 aromatic rings. The van der Waals surface area contributed by atoms with Crippen molar-refractivity contribution in [2.75, 3.05) is 0 Å². The number of hydrogen-bond donors (Lipinski definition) is 2. The summed E-state index contributed by atoms with van der Waals surface area (Å²) in [6.45, 7) is 2.00. The third-order valence-corrected chi connectivity index (χ3v) is 7.90. The van der Waals surface area contributed by atoms with Gasteiger partial charge in [0.1, 0.15) is 5.82 Å². The number of halogens is 2. The summed E-state index contributed by atoms with van der Waals surface area (Å²) in [7, 11) is -3.97. The molecule has 0 aromatic heterocycles. The normalized spacial score (nSPS) is 12.5. The molecule has 0 saturated carbocycles. The van der Waals surface area contributed by atoms with Crippen molar-refractivity contribution < 1.29 is 17.6 Å². The van der Waals surface area contributed by atoms with Crippen molar-refractivity contribution in [3.63, 3.8) is 0 Å². The smallest absolute Gasteiger partial charge is 0.264 e. The first-order chi connectivity index (χ1) is 19.7. The van der Waals surface area contributed by atoms with Crippen molar-refractivity contribution in [1.82, 2.24) is 4.72 Å². The average molecular weight is 588 g/mol. The summed E-state index contributed by atoms with van der Waals surface area (Å²) in [4.78, 5) is 12.3. The topological polar surface area (TPSA) is 102 Å². The third-order valence-electron chi connectivity index (χ3n) is 6.23. The fourth-order valence-electron chi connectivity index (χ4n) is 4.37. The van der Waals surface area contributed by atoms with Crippen LogP contribution in [0.1, 0.15) is 41.2 Å². The lowest BCUT2D eigenvalue weighted by Crippen LogP contribution is -2.28. The lowest BCUT2D eigenvalue weighted by molar-refractivity contribution is -0.114. The molecule has 3 N–H and O–H groups in total. The summed E-state index contributed by atoms with van der Waals surface area (Å²) < 4.78 is 40.7. The summed E-state index contributed by atoms with van der Waals surface area (Å²) in [5.74, 6) is 4.18. The molecule has 0 fully saturated rings. The fourth-order valence-corrected chi connectivity index (χ4v) is 5.62. The zero-order valence-electron chi connectivity index (χ0n) is 22.1. The number of carbonyl (C=O) groups excluding carboxylic acids is 1. The Kier molecular flexibility index (Phi) is 9.49. The number of rotatable bonds is 9. The third kappa shape index (κ3) is 7.36. The molecule has 0 bridgehead atoms. The first kappa shape index (κ1) is 29.5. The van der Waals surface area contributed by atoms with Crippen molar-refractivity contribution in [2.24, 2.45) is 10.9 Å². The van der Waals surface area contributed by atoms with E-state index in [0.717, 1.165) is 33.9 Å². The van der Waals surface area contributed by atoms with Gasteiger partial charge in [-0.2, -0.15) is 5.10 Å². The lowest BCUT2D eigenvalue weighted by atomic mass is 9.87.